The third-order valence-corrected chi connectivity index (χ3v) is 2.44. The Hall–Kier alpha value is -1.84. The predicted octanol–water partition coefficient (Wildman–Crippen LogP) is 1.24. The normalized spacial score (nSPS) is 10.6. The minimum Gasteiger partial charge on any atom is -0.355 e. The summed E-state index contributed by atoms with van der Waals surface area (Å²) in [7, 11) is 3.53. The number of nitrogens with zero attached hydrogens (tertiary/aromatic N) is 2. The highest BCUT2D eigenvalue weighted by Crippen LogP contribution is 2.18. The third kappa shape index (κ3) is 1.48. The second-order valence-corrected chi connectivity index (χ2v) is 3.55. The van der Waals surface area contributed by atoms with Crippen LogP contribution in [0.4, 0.5) is 0 Å². The van der Waals surface area contributed by atoms with E-state index < -0.39 is 0 Å². The van der Waals surface area contributed by atoms with E-state index in [-0.39, 0.29) is 5.91 Å². The van der Waals surface area contributed by atoms with Gasteiger partial charge in [-0.2, -0.15) is 0 Å². The van der Waals surface area contributed by atoms with Crippen LogP contribution in [0.15, 0.2) is 18.3 Å². The Morgan fingerprint density at radius 1 is 1.47 bits per heavy atom. The van der Waals surface area contributed by atoms with E-state index in [0.29, 0.717) is 5.56 Å². The molecule has 0 radical (unpaired) electrons. The van der Waals surface area contributed by atoms with E-state index in [9.17, 15) is 4.79 Å². The molecule has 0 saturated heterocycles. The molecule has 0 aromatic carbocycles. The lowest BCUT2D eigenvalue weighted by molar-refractivity contribution is 0.0964. The summed E-state index contributed by atoms with van der Waals surface area (Å²) in [4.78, 5) is 16.0. The third-order valence-electron chi connectivity index (χ3n) is 2.44. The Morgan fingerprint density at radius 3 is 2.87 bits per heavy atom. The minimum absolute atomic E-state index is 0.0984. The smallest absolute Gasteiger partial charge is 0.254 e. The van der Waals surface area contributed by atoms with E-state index >= 15 is 0 Å². The highest BCUT2D eigenvalue weighted by Gasteiger charge is 2.13. The lowest BCUT2D eigenvalue weighted by Crippen LogP contribution is -2.17. The molecule has 0 aliphatic rings. The number of carbonyl (C=O) groups is 1. The van der Waals surface area contributed by atoms with Crippen LogP contribution in [-0.2, 0) is 7.05 Å². The standard InChI is InChI=1S/C11H13N3O/c1-7-4-5-9-10(13-7)8(6-14(9)3)11(15)12-2/h4-6H,1-3H3,(H,12,15). The maximum absolute atomic E-state index is 11.6. The zero-order valence-electron chi connectivity index (χ0n) is 9.03. The molecule has 78 valence electrons. The number of carbonyl (C=O) groups excluding carboxylic acids is 1. The van der Waals surface area contributed by atoms with Gasteiger partial charge in [-0.05, 0) is 19.1 Å². The number of rotatable bonds is 1. The Labute approximate surface area is 87.9 Å². The molecule has 2 heterocycles. The molecule has 0 saturated carbocycles. The van der Waals surface area contributed by atoms with Crippen LogP contribution in [0.1, 0.15) is 16.1 Å². The van der Waals surface area contributed by atoms with Gasteiger partial charge in [-0.3, -0.25) is 9.78 Å². The molecule has 4 nitrogen and oxygen atoms in total. The van der Waals surface area contributed by atoms with Crippen molar-refractivity contribution in [3.8, 4) is 0 Å². The van der Waals surface area contributed by atoms with Crippen LogP contribution in [0.2, 0.25) is 0 Å². The van der Waals surface area contributed by atoms with Crippen molar-refractivity contribution in [3.05, 3.63) is 29.6 Å². The molecule has 2 aromatic rings. The van der Waals surface area contributed by atoms with Crippen LogP contribution in [0.5, 0.6) is 0 Å². The number of hydrogen-bond donors (Lipinski definition) is 1. The summed E-state index contributed by atoms with van der Waals surface area (Å²) in [6.07, 6.45) is 1.80. The minimum atomic E-state index is -0.0984. The molecule has 0 fully saturated rings. The van der Waals surface area contributed by atoms with E-state index in [1.54, 1.807) is 13.2 Å². The van der Waals surface area contributed by atoms with Crippen LogP contribution in [0.25, 0.3) is 11.0 Å². The second-order valence-electron chi connectivity index (χ2n) is 3.55. The van der Waals surface area contributed by atoms with Gasteiger partial charge in [0.25, 0.3) is 5.91 Å². The molecule has 2 aromatic heterocycles. The van der Waals surface area contributed by atoms with Crippen LogP contribution in [-0.4, -0.2) is 22.5 Å². The Balaban J connectivity index is 2.75. The highest BCUT2D eigenvalue weighted by molar-refractivity contribution is 6.05. The molecule has 0 unspecified atom stereocenters. The summed E-state index contributed by atoms with van der Waals surface area (Å²) in [6, 6.07) is 3.92. The van der Waals surface area contributed by atoms with Gasteiger partial charge < -0.3 is 9.88 Å². The van der Waals surface area contributed by atoms with Gasteiger partial charge in [-0.25, -0.2) is 0 Å². The molecule has 2 rings (SSSR count). The van der Waals surface area contributed by atoms with Crippen molar-refractivity contribution >= 4 is 16.9 Å². The van der Waals surface area contributed by atoms with Gasteiger partial charge in [0.05, 0.1) is 11.1 Å². The van der Waals surface area contributed by atoms with Crippen LogP contribution in [0, 0.1) is 6.92 Å². The first-order valence-electron chi connectivity index (χ1n) is 4.78. The zero-order valence-corrected chi connectivity index (χ0v) is 9.03. The molecule has 0 aliphatic heterocycles. The Kier molecular flexibility index (Phi) is 2.19. The van der Waals surface area contributed by atoms with Gasteiger partial charge in [0.2, 0.25) is 0 Å². The van der Waals surface area contributed by atoms with Crippen LogP contribution >= 0.6 is 0 Å². The number of aromatic nitrogens is 2. The zero-order chi connectivity index (χ0) is 11.0. The summed E-state index contributed by atoms with van der Waals surface area (Å²) in [5.41, 5.74) is 3.27. The van der Waals surface area contributed by atoms with E-state index in [1.807, 2.05) is 30.7 Å². The molecule has 0 spiro atoms. The maximum Gasteiger partial charge on any atom is 0.254 e. The number of hydrogen-bond acceptors (Lipinski definition) is 2. The highest BCUT2D eigenvalue weighted by atomic mass is 16.1. The Bertz CT molecular complexity index is 528. The molecule has 1 amide bonds. The second kappa shape index (κ2) is 3.38. The van der Waals surface area contributed by atoms with Crippen molar-refractivity contribution in [2.45, 2.75) is 6.92 Å². The molecule has 1 N–H and O–H groups in total. The lowest BCUT2D eigenvalue weighted by atomic mass is 10.2. The first kappa shape index (κ1) is 9.71. The van der Waals surface area contributed by atoms with Crippen molar-refractivity contribution in [2.24, 2.45) is 7.05 Å². The molecule has 0 aliphatic carbocycles. The van der Waals surface area contributed by atoms with Crippen molar-refractivity contribution in [2.75, 3.05) is 7.05 Å². The van der Waals surface area contributed by atoms with Crippen molar-refractivity contribution < 1.29 is 4.79 Å². The number of pyridine rings is 1. The van der Waals surface area contributed by atoms with Crippen LogP contribution in [0.3, 0.4) is 0 Å². The number of fused-ring (bicyclic) bond motifs is 1. The quantitative estimate of drug-likeness (QED) is 0.758. The monoisotopic (exact) mass is 203 g/mol. The average Bonchev–Trinajstić information content (AvgIpc) is 2.54. The summed E-state index contributed by atoms with van der Waals surface area (Å²) in [5, 5.41) is 2.61. The molecular formula is C11H13N3O. The van der Waals surface area contributed by atoms with Gasteiger partial charge in [0.1, 0.15) is 5.52 Å². The van der Waals surface area contributed by atoms with E-state index in [2.05, 4.69) is 10.3 Å². The molecule has 0 bridgehead atoms. The SMILES string of the molecule is CNC(=O)c1cn(C)c2ccc(C)nc12. The fourth-order valence-electron chi connectivity index (χ4n) is 1.66. The molecule has 15 heavy (non-hydrogen) atoms. The van der Waals surface area contributed by atoms with Crippen LogP contribution < -0.4 is 5.32 Å². The van der Waals surface area contributed by atoms with Gasteiger partial charge in [-0.15, -0.1) is 0 Å². The first-order valence-corrected chi connectivity index (χ1v) is 4.78. The number of amides is 1. The lowest BCUT2D eigenvalue weighted by Gasteiger charge is -1.97. The van der Waals surface area contributed by atoms with Gasteiger partial charge in [0.15, 0.2) is 0 Å². The fourth-order valence-corrected chi connectivity index (χ4v) is 1.66. The van der Waals surface area contributed by atoms with E-state index in [0.717, 1.165) is 16.7 Å². The summed E-state index contributed by atoms with van der Waals surface area (Å²) >= 11 is 0. The summed E-state index contributed by atoms with van der Waals surface area (Å²) < 4.78 is 1.91. The molecular weight excluding hydrogens is 190 g/mol. The molecule has 4 heteroatoms. The van der Waals surface area contributed by atoms with Crippen molar-refractivity contribution in [1.29, 1.82) is 0 Å². The van der Waals surface area contributed by atoms with Gasteiger partial charge in [0, 0.05) is 26.0 Å². The van der Waals surface area contributed by atoms with Gasteiger partial charge in [-0.1, -0.05) is 0 Å². The van der Waals surface area contributed by atoms with E-state index in [4.69, 9.17) is 0 Å². The Morgan fingerprint density at radius 2 is 2.20 bits per heavy atom. The topological polar surface area (TPSA) is 46.9 Å². The largest absolute Gasteiger partial charge is 0.355 e. The number of nitrogens with one attached hydrogen (secondary N) is 1. The predicted molar refractivity (Wildman–Crippen MR) is 58.8 cm³/mol. The van der Waals surface area contributed by atoms with Crippen molar-refractivity contribution in [1.82, 2.24) is 14.9 Å². The number of aryl methyl sites for hydroxylation is 2. The average molecular weight is 203 g/mol. The summed E-state index contributed by atoms with van der Waals surface area (Å²) in [5.74, 6) is -0.0984. The first-order chi connectivity index (χ1) is 7.13. The fraction of sp³-hybridized carbons (Fsp3) is 0.273. The molecule has 0 atom stereocenters. The summed E-state index contributed by atoms with van der Waals surface area (Å²) in [6.45, 7) is 1.92. The van der Waals surface area contributed by atoms with E-state index in [1.165, 1.54) is 0 Å². The van der Waals surface area contributed by atoms with Crippen molar-refractivity contribution in [3.63, 3.8) is 0 Å². The maximum atomic E-state index is 11.6. The van der Waals surface area contributed by atoms with Gasteiger partial charge >= 0.3 is 0 Å².